The zero-order valence-electron chi connectivity index (χ0n) is 20.1. The summed E-state index contributed by atoms with van der Waals surface area (Å²) in [6.45, 7) is 4.77. The quantitative estimate of drug-likeness (QED) is 0.347. The molecule has 1 amide bonds. The second-order valence-electron chi connectivity index (χ2n) is 8.69. The van der Waals surface area contributed by atoms with E-state index in [-0.39, 0.29) is 12.1 Å². The van der Waals surface area contributed by atoms with Gasteiger partial charge in [-0.05, 0) is 66.9 Å². The van der Waals surface area contributed by atoms with Crippen LogP contribution in [0.4, 0.5) is 5.69 Å². The number of para-hydroxylation sites is 2. The molecule has 0 aliphatic carbocycles. The number of furan rings is 1. The summed E-state index contributed by atoms with van der Waals surface area (Å²) < 4.78 is 17.4. The van der Waals surface area contributed by atoms with Crippen LogP contribution >= 0.6 is 0 Å². The molecule has 4 aromatic rings. The fraction of sp³-hybridized carbons (Fsp3) is 0.207. The highest BCUT2D eigenvalue weighted by Gasteiger charge is 2.33. The zero-order chi connectivity index (χ0) is 24.4. The molecule has 1 aliphatic heterocycles. The van der Waals surface area contributed by atoms with Crippen LogP contribution in [0.5, 0.6) is 11.5 Å². The Bertz CT molecular complexity index is 1330. The Morgan fingerprint density at radius 1 is 0.971 bits per heavy atom. The van der Waals surface area contributed by atoms with Gasteiger partial charge in [0.25, 0.3) is 5.91 Å². The van der Waals surface area contributed by atoms with Crippen molar-refractivity contribution in [2.75, 3.05) is 12.4 Å². The molecule has 6 nitrogen and oxygen atoms in total. The van der Waals surface area contributed by atoms with Crippen LogP contribution in [0, 0.1) is 13.8 Å². The van der Waals surface area contributed by atoms with Crippen molar-refractivity contribution in [2.45, 2.75) is 33.2 Å². The van der Waals surface area contributed by atoms with Crippen LogP contribution < -0.4 is 14.8 Å². The Morgan fingerprint density at radius 3 is 2.51 bits per heavy atom. The fourth-order valence-corrected chi connectivity index (χ4v) is 4.55. The third-order valence-electron chi connectivity index (χ3n) is 6.33. The van der Waals surface area contributed by atoms with Crippen molar-refractivity contribution in [3.63, 3.8) is 0 Å². The normalized spacial score (nSPS) is 14.9. The van der Waals surface area contributed by atoms with Crippen LogP contribution in [0.25, 0.3) is 0 Å². The predicted octanol–water partition coefficient (Wildman–Crippen LogP) is 6.25. The number of carbonyl (C=O) groups excluding carboxylic acids is 1. The highest BCUT2D eigenvalue weighted by atomic mass is 16.5. The number of methoxy groups -OCH3 is 1. The van der Waals surface area contributed by atoms with E-state index in [0.717, 1.165) is 45.2 Å². The second kappa shape index (κ2) is 9.58. The molecule has 0 unspecified atom stereocenters. The first-order chi connectivity index (χ1) is 17.0. The van der Waals surface area contributed by atoms with E-state index in [1.807, 2.05) is 86.6 Å². The lowest BCUT2D eigenvalue weighted by atomic mass is 10.0. The summed E-state index contributed by atoms with van der Waals surface area (Å²) in [5.41, 5.74) is 5.45. The lowest BCUT2D eigenvalue weighted by Crippen LogP contribution is -2.42. The van der Waals surface area contributed by atoms with Crippen LogP contribution in [-0.4, -0.2) is 17.9 Å². The summed E-state index contributed by atoms with van der Waals surface area (Å²) in [5, 5.41) is 3.54. The third kappa shape index (κ3) is 4.47. The second-order valence-corrected chi connectivity index (χ2v) is 8.69. The number of ether oxygens (including phenoxy) is 2. The minimum Gasteiger partial charge on any atom is -0.496 e. The summed E-state index contributed by atoms with van der Waals surface area (Å²) in [6.07, 6.45) is 1.24. The van der Waals surface area contributed by atoms with Gasteiger partial charge in [0.2, 0.25) is 0 Å². The van der Waals surface area contributed by atoms with Crippen LogP contribution in [0.15, 0.2) is 83.5 Å². The average Bonchev–Trinajstić information content (AvgIpc) is 3.38. The van der Waals surface area contributed by atoms with Crippen LogP contribution in [-0.2, 0) is 13.2 Å². The van der Waals surface area contributed by atoms with Crippen LogP contribution in [0.1, 0.15) is 44.5 Å². The molecule has 0 bridgehead atoms. The Labute approximate surface area is 205 Å². The summed E-state index contributed by atoms with van der Waals surface area (Å²) in [6, 6.07) is 23.3. The first kappa shape index (κ1) is 22.6. The standard InChI is InChI=1S/C29H28N2O4/c1-19-8-6-9-20(2)27(19)35-18-22-16-21(13-14-26(22)33-3)28-30-25-12-5-4-11-24(25)29(32)31(28)17-23-10-7-15-34-23/h4-16,28,30H,17-18H2,1-3H3/t28-/m1/s1. The first-order valence-electron chi connectivity index (χ1n) is 11.6. The zero-order valence-corrected chi connectivity index (χ0v) is 20.1. The van der Waals surface area contributed by atoms with Gasteiger partial charge in [0.15, 0.2) is 0 Å². The van der Waals surface area contributed by atoms with Gasteiger partial charge in [0, 0.05) is 11.3 Å². The van der Waals surface area contributed by atoms with Gasteiger partial charge in [-0.3, -0.25) is 4.79 Å². The molecular weight excluding hydrogens is 440 g/mol. The van der Waals surface area contributed by atoms with Crippen LogP contribution in [0.2, 0.25) is 0 Å². The highest BCUT2D eigenvalue weighted by molar-refractivity contribution is 6.01. The number of nitrogens with zero attached hydrogens (tertiary/aromatic N) is 1. The number of nitrogens with one attached hydrogen (secondary N) is 1. The molecule has 0 saturated carbocycles. The van der Waals surface area contributed by atoms with Gasteiger partial charge in [0.1, 0.15) is 30.0 Å². The monoisotopic (exact) mass is 468 g/mol. The van der Waals surface area contributed by atoms with Crippen molar-refractivity contribution in [3.8, 4) is 11.5 Å². The minimum absolute atomic E-state index is 0.0510. The lowest BCUT2D eigenvalue weighted by Gasteiger charge is -2.38. The number of aryl methyl sites for hydroxylation is 2. The molecule has 35 heavy (non-hydrogen) atoms. The Balaban J connectivity index is 1.50. The van der Waals surface area contributed by atoms with E-state index in [2.05, 4.69) is 5.32 Å². The van der Waals surface area contributed by atoms with Gasteiger partial charge in [-0.1, -0.05) is 36.4 Å². The van der Waals surface area contributed by atoms with Crippen LogP contribution in [0.3, 0.4) is 0 Å². The number of amides is 1. The number of hydrogen-bond donors (Lipinski definition) is 1. The van der Waals surface area contributed by atoms with E-state index in [1.54, 1.807) is 18.3 Å². The van der Waals surface area contributed by atoms with Gasteiger partial charge in [-0.15, -0.1) is 0 Å². The minimum atomic E-state index is -0.382. The SMILES string of the molecule is COc1ccc([C@@H]2Nc3ccccc3C(=O)N2Cc2ccco2)cc1COc1c(C)cccc1C. The average molecular weight is 469 g/mol. The molecule has 1 aliphatic rings. The number of anilines is 1. The van der Waals surface area contributed by atoms with E-state index >= 15 is 0 Å². The molecule has 178 valence electrons. The smallest absolute Gasteiger partial charge is 0.258 e. The molecule has 1 aromatic heterocycles. The third-order valence-corrected chi connectivity index (χ3v) is 6.33. The Kier molecular flexibility index (Phi) is 6.19. The molecule has 0 saturated heterocycles. The predicted molar refractivity (Wildman–Crippen MR) is 135 cm³/mol. The fourth-order valence-electron chi connectivity index (χ4n) is 4.55. The number of carbonyl (C=O) groups is 1. The Morgan fingerprint density at radius 2 is 1.77 bits per heavy atom. The molecule has 0 radical (unpaired) electrons. The number of rotatable bonds is 7. The maximum absolute atomic E-state index is 13.5. The molecule has 0 spiro atoms. The summed E-state index contributed by atoms with van der Waals surface area (Å²) >= 11 is 0. The molecular formula is C29H28N2O4. The summed E-state index contributed by atoms with van der Waals surface area (Å²) in [5.74, 6) is 2.28. The van der Waals surface area contributed by atoms with Gasteiger partial charge in [0.05, 0.1) is 25.5 Å². The van der Waals surface area contributed by atoms with E-state index in [4.69, 9.17) is 13.9 Å². The van der Waals surface area contributed by atoms with Gasteiger partial charge < -0.3 is 24.1 Å². The molecule has 1 atom stereocenters. The van der Waals surface area contributed by atoms with Gasteiger partial charge >= 0.3 is 0 Å². The van der Waals surface area contributed by atoms with Crippen molar-refractivity contribution in [3.05, 3.63) is 113 Å². The Hall–Kier alpha value is -4.19. The molecule has 2 heterocycles. The van der Waals surface area contributed by atoms with E-state index in [9.17, 15) is 4.79 Å². The van der Waals surface area contributed by atoms with E-state index in [1.165, 1.54) is 0 Å². The maximum Gasteiger partial charge on any atom is 0.258 e. The van der Waals surface area contributed by atoms with Crippen molar-refractivity contribution >= 4 is 11.6 Å². The largest absolute Gasteiger partial charge is 0.496 e. The summed E-state index contributed by atoms with van der Waals surface area (Å²) in [7, 11) is 1.65. The molecule has 0 fully saturated rings. The van der Waals surface area contributed by atoms with Gasteiger partial charge in [-0.2, -0.15) is 0 Å². The van der Waals surface area contributed by atoms with E-state index < -0.39 is 0 Å². The topological polar surface area (TPSA) is 63.9 Å². The molecule has 3 aromatic carbocycles. The molecule has 6 heteroatoms. The molecule has 1 N–H and O–H groups in total. The summed E-state index contributed by atoms with van der Waals surface area (Å²) in [4.78, 5) is 15.3. The van der Waals surface area contributed by atoms with Crippen molar-refractivity contribution in [2.24, 2.45) is 0 Å². The van der Waals surface area contributed by atoms with E-state index in [0.29, 0.717) is 18.7 Å². The number of fused-ring (bicyclic) bond motifs is 1. The number of benzene rings is 3. The van der Waals surface area contributed by atoms with Crippen molar-refractivity contribution in [1.82, 2.24) is 4.90 Å². The maximum atomic E-state index is 13.5. The highest BCUT2D eigenvalue weighted by Crippen LogP contribution is 2.36. The van der Waals surface area contributed by atoms with Gasteiger partial charge in [-0.25, -0.2) is 0 Å². The lowest BCUT2D eigenvalue weighted by molar-refractivity contribution is 0.0651. The first-order valence-corrected chi connectivity index (χ1v) is 11.6. The van der Waals surface area contributed by atoms with Crippen molar-refractivity contribution in [1.29, 1.82) is 0 Å². The number of hydrogen-bond acceptors (Lipinski definition) is 5. The molecule has 5 rings (SSSR count). The van der Waals surface area contributed by atoms with Crippen molar-refractivity contribution < 1.29 is 18.7 Å².